The minimum absolute atomic E-state index is 0.0647. The molecule has 24 heavy (non-hydrogen) atoms. The van der Waals surface area contributed by atoms with Crippen molar-refractivity contribution in [3.8, 4) is 0 Å². The van der Waals surface area contributed by atoms with Gasteiger partial charge in [-0.05, 0) is 25.1 Å². The van der Waals surface area contributed by atoms with Crippen LogP contribution in [0, 0.1) is 11.6 Å². The van der Waals surface area contributed by atoms with E-state index in [1.54, 1.807) is 0 Å². The van der Waals surface area contributed by atoms with Gasteiger partial charge in [0.2, 0.25) is 0 Å². The molecule has 4 nitrogen and oxygen atoms in total. The van der Waals surface area contributed by atoms with Crippen molar-refractivity contribution in [1.29, 1.82) is 0 Å². The maximum absolute atomic E-state index is 13.8. The summed E-state index contributed by atoms with van der Waals surface area (Å²) in [5.74, 6) is 0.473. The lowest BCUT2D eigenvalue weighted by Crippen LogP contribution is -2.36. The highest BCUT2D eigenvalue weighted by Crippen LogP contribution is 2.29. The molecule has 2 aromatic rings. The summed E-state index contributed by atoms with van der Waals surface area (Å²) in [7, 11) is 0. The summed E-state index contributed by atoms with van der Waals surface area (Å²) in [5.41, 5.74) is -0.423. The van der Waals surface area contributed by atoms with Gasteiger partial charge < -0.3 is 9.30 Å². The van der Waals surface area contributed by atoms with Crippen molar-refractivity contribution in [3.63, 3.8) is 0 Å². The molecule has 1 aromatic carbocycles. The highest BCUT2D eigenvalue weighted by Gasteiger charge is 2.32. The number of nitrogens with zero attached hydrogens (tertiary/aromatic N) is 3. The first-order valence-corrected chi connectivity index (χ1v) is 7.89. The Kier molecular flexibility index (Phi) is 4.03. The van der Waals surface area contributed by atoms with E-state index in [1.165, 1.54) is 12.1 Å². The number of benzene rings is 1. The Morgan fingerprint density at radius 3 is 2.67 bits per heavy atom. The van der Waals surface area contributed by atoms with E-state index >= 15 is 0 Å². The van der Waals surface area contributed by atoms with Crippen LogP contribution in [-0.2, 0) is 23.3 Å². The van der Waals surface area contributed by atoms with Crippen LogP contribution in [0.5, 0.6) is 0 Å². The Hall–Kier alpha value is -2.08. The Morgan fingerprint density at radius 2 is 2.00 bits per heavy atom. The molecule has 0 N–H and O–H groups in total. The summed E-state index contributed by atoms with van der Waals surface area (Å²) in [6.45, 7) is 8.77. The average Bonchev–Trinajstić information content (AvgIpc) is 2.89. The van der Waals surface area contributed by atoms with E-state index in [0.29, 0.717) is 12.1 Å². The topological polar surface area (TPSA) is 39.9 Å². The van der Waals surface area contributed by atoms with Gasteiger partial charge in [-0.25, -0.2) is 8.78 Å². The van der Waals surface area contributed by atoms with E-state index in [1.807, 2.05) is 23.6 Å². The number of hydrogen-bond acceptors (Lipinski definition) is 3. The molecule has 0 aliphatic carbocycles. The van der Waals surface area contributed by atoms with Crippen LogP contribution in [0.1, 0.15) is 44.9 Å². The zero-order valence-electron chi connectivity index (χ0n) is 14.3. The fraction of sp³-hybridized carbons (Fsp3) is 0.444. The molecule has 2 heterocycles. The van der Waals surface area contributed by atoms with Crippen molar-refractivity contribution >= 4 is 6.08 Å². The molecule has 0 saturated heterocycles. The maximum atomic E-state index is 13.8. The highest BCUT2D eigenvalue weighted by atomic mass is 19.1. The van der Waals surface area contributed by atoms with Gasteiger partial charge in [0.15, 0.2) is 5.82 Å². The predicted octanol–water partition coefficient (Wildman–Crippen LogP) is 3.86. The van der Waals surface area contributed by atoms with E-state index in [-0.39, 0.29) is 12.0 Å². The summed E-state index contributed by atoms with van der Waals surface area (Å²) in [5, 5.41) is 8.48. The standard InChI is InChI=1S/C18H21F2N3O/c1-17(2,3)16-22-21-15-7-8-18(4,11-23(15)16)24-10-12-5-6-13(19)9-14(12)20/h5-9H,10-11H2,1-4H3. The largest absolute Gasteiger partial charge is 0.365 e. The zero-order chi connectivity index (χ0) is 17.5. The number of hydrogen-bond donors (Lipinski definition) is 0. The van der Waals surface area contributed by atoms with Crippen molar-refractivity contribution in [2.45, 2.75) is 51.9 Å². The number of aromatic nitrogens is 3. The van der Waals surface area contributed by atoms with E-state index in [4.69, 9.17) is 4.74 Å². The maximum Gasteiger partial charge on any atom is 0.156 e. The van der Waals surface area contributed by atoms with Crippen LogP contribution in [0.25, 0.3) is 6.08 Å². The van der Waals surface area contributed by atoms with Gasteiger partial charge >= 0.3 is 0 Å². The summed E-state index contributed by atoms with van der Waals surface area (Å²) in [6.07, 6.45) is 3.78. The van der Waals surface area contributed by atoms with E-state index < -0.39 is 17.2 Å². The first-order valence-electron chi connectivity index (χ1n) is 7.89. The minimum Gasteiger partial charge on any atom is -0.365 e. The molecule has 1 aliphatic heterocycles. The fourth-order valence-corrected chi connectivity index (χ4v) is 2.74. The Balaban J connectivity index is 1.79. The van der Waals surface area contributed by atoms with Crippen LogP contribution in [0.4, 0.5) is 8.78 Å². The van der Waals surface area contributed by atoms with Crippen molar-refractivity contribution < 1.29 is 13.5 Å². The molecule has 1 aromatic heterocycles. The SMILES string of the molecule is CC1(OCc2ccc(F)cc2F)C=Cc2nnc(C(C)(C)C)n2C1. The first kappa shape index (κ1) is 16.8. The van der Waals surface area contributed by atoms with Gasteiger partial charge in [0.25, 0.3) is 0 Å². The van der Waals surface area contributed by atoms with Gasteiger partial charge in [-0.15, -0.1) is 10.2 Å². The molecular weight excluding hydrogens is 312 g/mol. The molecule has 0 fully saturated rings. The quantitative estimate of drug-likeness (QED) is 0.856. The second-order valence-corrected chi connectivity index (χ2v) is 7.39. The number of rotatable bonds is 3. The smallest absolute Gasteiger partial charge is 0.156 e. The minimum atomic E-state index is -0.615. The first-order chi connectivity index (χ1) is 11.2. The molecule has 1 unspecified atom stereocenters. The number of halogens is 2. The third-order valence-corrected chi connectivity index (χ3v) is 4.08. The van der Waals surface area contributed by atoms with Crippen molar-refractivity contribution in [2.24, 2.45) is 0 Å². The second-order valence-electron chi connectivity index (χ2n) is 7.39. The van der Waals surface area contributed by atoms with Gasteiger partial charge in [0.1, 0.15) is 23.1 Å². The van der Waals surface area contributed by atoms with Crippen LogP contribution in [0.3, 0.4) is 0 Å². The monoisotopic (exact) mass is 333 g/mol. The van der Waals surface area contributed by atoms with E-state index in [9.17, 15) is 8.78 Å². The van der Waals surface area contributed by atoms with Crippen LogP contribution in [0.2, 0.25) is 0 Å². The Labute approximate surface area is 140 Å². The van der Waals surface area contributed by atoms with Crippen molar-refractivity contribution in [1.82, 2.24) is 14.8 Å². The normalized spacial score (nSPS) is 20.2. The lowest BCUT2D eigenvalue weighted by atomic mass is 9.94. The van der Waals surface area contributed by atoms with Crippen molar-refractivity contribution in [2.75, 3.05) is 0 Å². The lowest BCUT2D eigenvalue weighted by Gasteiger charge is -2.32. The van der Waals surface area contributed by atoms with E-state index in [2.05, 4.69) is 31.0 Å². The average molecular weight is 333 g/mol. The van der Waals surface area contributed by atoms with E-state index in [0.717, 1.165) is 17.7 Å². The zero-order valence-corrected chi connectivity index (χ0v) is 14.3. The second kappa shape index (κ2) is 5.77. The number of fused-ring (bicyclic) bond motifs is 1. The number of ether oxygens (including phenoxy) is 1. The molecule has 0 saturated carbocycles. The van der Waals surface area contributed by atoms with Gasteiger partial charge in [-0.2, -0.15) is 0 Å². The summed E-state index contributed by atoms with van der Waals surface area (Å²) >= 11 is 0. The lowest BCUT2D eigenvalue weighted by molar-refractivity contribution is -0.0216. The van der Waals surface area contributed by atoms with Crippen molar-refractivity contribution in [3.05, 3.63) is 53.1 Å². The summed E-state index contributed by atoms with van der Waals surface area (Å²) in [4.78, 5) is 0. The van der Waals surface area contributed by atoms with Crippen LogP contribution in [-0.4, -0.2) is 20.4 Å². The van der Waals surface area contributed by atoms with Crippen LogP contribution >= 0.6 is 0 Å². The molecule has 6 heteroatoms. The molecule has 0 bridgehead atoms. The molecule has 1 atom stereocenters. The predicted molar refractivity (Wildman–Crippen MR) is 87.3 cm³/mol. The fourth-order valence-electron chi connectivity index (χ4n) is 2.74. The Bertz CT molecular complexity index is 792. The third-order valence-electron chi connectivity index (χ3n) is 4.08. The third kappa shape index (κ3) is 3.24. The van der Waals surface area contributed by atoms with Gasteiger partial charge in [-0.1, -0.05) is 26.8 Å². The molecular formula is C18H21F2N3O. The molecule has 3 rings (SSSR count). The highest BCUT2D eigenvalue weighted by molar-refractivity contribution is 5.45. The summed E-state index contributed by atoms with van der Waals surface area (Å²) in [6, 6.07) is 3.51. The van der Waals surface area contributed by atoms with Crippen LogP contribution < -0.4 is 0 Å². The summed E-state index contributed by atoms with van der Waals surface area (Å²) < 4.78 is 34.7. The van der Waals surface area contributed by atoms with Gasteiger partial charge in [0, 0.05) is 17.0 Å². The van der Waals surface area contributed by atoms with Crippen LogP contribution in [0.15, 0.2) is 24.3 Å². The molecule has 0 spiro atoms. The molecule has 0 radical (unpaired) electrons. The Morgan fingerprint density at radius 1 is 1.25 bits per heavy atom. The van der Waals surface area contributed by atoms with Gasteiger partial charge in [-0.3, -0.25) is 0 Å². The molecule has 0 amide bonds. The molecule has 128 valence electrons. The molecule has 1 aliphatic rings. The van der Waals surface area contributed by atoms with Gasteiger partial charge in [0.05, 0.1) is 13.2 Å².